The molecule has 1 N–H and O–H groups in total. The fraction of sp³-hybridized carbons (Fsp3) is 0.125. The Kier molecular flexibility index (Phi) is 4.65. The number of ether oxygens (including phenoxy) is 1. The summed E-state index contributed by atoms with van der Waals surface area (Å²) >= 11 is 0. The van der Waals surface area contributed by atoms with Crippen LogP contribution in [0.4, 0.5) is 0 Å². The first-order valence-corrected chi connectivity index (χ1v) is 7.94. The molecule has 0 saturated heterocycles. The van der Waals surface area contributed by atoms with Crippen molar-refractivity contribution in [3.05, 3.63) is 66.2 Å². The molecule has 2 aromatic rings. The second-order valence-electron chi connectivity index (χ2n) is 4.35. The lowest BCUT2D eigenvalue weighted by molar-refractivity contribution is 0.414. The van der Waals surface area contributed by atoms with Gasteiger partial charge in [0.05, 0.1) is 17.7 Å². The lowest BCUT2D eigenvalue weighted by atomic mass is 10.2. The van der Waals surface area contributed by atoms with Gasteiger partial charge >= 0.3 is 0 Å². The van der Waals surface area contributed by atoms with E-state index in [0.717, 1.165) is 5.56 Å². The molecule has 0 saturated carbocycles. The third-order valence-electron chi connectivity index (χ3n) is 2.99. The van der Waals surface area contributed by atoms with Crippen LogP contribution in [0.3, 0.4) is 0 Å². The third-order valence-corrected chi connectivity index (χ3v) is 4.37. The summed E-state index contributed by atoms with van der Waals surface area (Å²) in [5, 5.41) is 0. The van der Waals surface area contributed by atoms with E-state index in [4.69, 9.17) is 4.74 Å². The van der Waals surface area contributed by atoms with Crippen LogP contribution >= 0.6 is 0 Å². The molecule has 0 heterocycles. The molecule has 4 nitrogen and oxygen atoms in total. The maximum atomic E-state index is 12.4. The summed E-state index contributed by atoms with van der Waals surface area (Å²) in [5.74, 6) is 0.614. The van der Waals surface area contributed by atoms with Crippen molar-refractivity contribution in [1.82, 2.24) is 4.72 Å². The van der Waals surface area contributed by atoms with E-state index >= 15 is 0 Å². The zero-order valence-corrected chi connectivity index (χ0v) is 12.7. The first kappa shape index (κ1) is 15.1. The van der Waals surface area contributed by atoms with Gasteiger partial charge in [-0.25, -0.2) is 8.42 Å². The Morgan fingerprint density at radius 2 is 1.67 bits per heavy atom. The number of hydrogen-bond acceptors (Lipinski definition) is 3. The SMILES string of the molecule is C/C=C(/NS(=O)(=O)c1ccc(OC)cc1)c1ccccc1. The summed E-state index contributed by atoms with van der Waals surface area (Å²) in [5.41, 5.74) is 1.36. The summed E-state index contributed by atoms with van der Waals surface area (Å²) in [7, 11) is -2.08. The van der Waals surface area contributed by atoms with Gasteiger partial charge in [-0.3, -0.25) is 4.72 Å². The largest absolute Gasteiger partial charge is 0.497 e. The second kappa shape index (κ2) is 6.45. The van der Waals surface area contributed by atoms with Crippen LogP contribution in [-0.4, -0.2) is 15.5 Å². The monoisotopic (exact) mass is 303 g/mol. The van der Waals surface area contributed by atoms with E-state index in [1.165, 1.54) is 19.2 Å². The molecule has 0 amide bonds. The molecule has 0 unspecified atom stereocenters. The van der Waals surface area contributed by atoms with Crippen molar-refractivity contribution >= 4 is 15.7 Å². The number of benzene rings is 2. The molecule has 0 atom stereocenters. The van der Waals surface area contributed by atoms with Gasteiger partial charge in [-0.2, -0.15) is 0 Å². The average molecular weight is 303 g/mol. The van der Waals surface area contributed by atoms with Gasteiger partial charge in [0.2, 0.25) is 0 Å². The highest BCUT2D eigenvalue weighted by Crippen LogP contribution is 2.18. The van der Waals surface area contributed by atoms with E-state index in [0.29, 0.717) is 11.4 Å². The molecule has 0 fully saturated rings. The summed E-state index contributed by atoms with van der Waals surface area (Å²) in [4.78, 5) is 0.193. The molecular weight excluding hydrogens is 286 g/mol. The molecule has 0 aromatic heterocycles. The van der Waals surface area contributed by atoms with Gasteiger partial charge in [0, 0.05) is 0 Å². The minimum atomic E-state index is -3.62. The fourth-order valence-electron chi connectivity index (χ4n) is 1.86. The van der Waals surface area contributed by atoms with Crippen molar-refractivity contribution in [1.29, 1.82) is 0 Å². The Bertz CT molecular complexity index is 720. The maximum Gasteiger partial charge on any atom is 0.261 e. The van der Waals surface area contributed by atoms with Crippen LogP contribution in [0.1, 0.15) is 12.5 Å². The highest BCUT2D eigenvalue weighted by atomic mass is 32.2. The van der Waals surface area contributed by atoms with Crippen molar-refractivity contribution < 1.29 is 13.2 Å². The zero-order chi connectivity index (χ0) is 15.3. The molecule has 2 rings (SSSR count). The van der Waals surface area contributed by atoms with Crippen molar-refractivity contribution in [2.75, 3.05) is 7.11 Å². The number of nitrogens with one attached hydrogen (secondary N) is 1. The van der Waals surface area contributed by atoms with Crippen molar-refractivity contribution in [3.63, 3.8) is 0 Å². The topological polar surface area (TPSA) is 55.4 Å². The first-order chi connectivity index (χ1) is 10.1. The standard InChI is InChI=1S/C16H17NO3S/c1-3-16(13-7-5-4-6-8-13)17-21(18,19)15-11-9-14(20-2)10-12-15/h3-12,17H,1-2H3/b16-3+. The van der Waals surface area contributed by atoms with Crippen LogP contribution in [0.5, 0.6) is 5.75 Å². The molecule has 5 heteroatoms. The third kappa shape index (κ3) is 3.64. The summed E-state index contributed by atoms with van der Waals surface area (Å²) in [6.45, 7) is 1.79. The van der Waals surface area contributed by atoms with Crippen molar-refractivity contribution in [2.45, 2.75) is 11.8 Å². The molecule has 0 spiro atoms. The van der Waals surface area contributed by atoms with Crippen LogP contribution < -0.4 is 9.46 Å². The van der Waals surface area contributed by atoms with E-state index < -0.39 is 10.0 Å². The maximum absolute atomic E-state index is 12.4. The average Bonchev–Trinajstić information content (AvgIpc) is 2.53. The molecule has 21 heavy (non-hydrogen) atoms. The number of methoxy groups -OCH3 is 1. The van der Waals surface area contributed by atoms with E-state index in [-0.39, 0.29) is 4.90 Å². The molecule has 0 aliphatic carbocycles. The highest BCUT2D eigenvalue weighted by molar-refractivity contribution is 7.89. The predicted molar refractivity (Wildman–Crippen MR) is 83.4 cm³/mol. The van der Waals surface area contributed by atoms with Gasteiger partial charge in [-0.1, -0.05) is 36.4 Å². The normalized spacial score (nSPS) is 12.0. The number of hydrogen-bond donors (Lipinski definition) is 1. The van der Waals surface area contributed by atoms with Gasteiger partial charge in [0.25, 0.3) is 10.0 Å². The molecule has 2 aromatic carbocycles. The van der Waals surface area contributed by atoms with Gasteiger partial charge in [-0.15, -0.1) is 0 Å². The van der Waals surface area contributed by atoms with Crippen molar-refractivity contribution in [2.24, 2.45) is 0 Å². The molecule has 110 valence electrons. The van der Waals surface area contributed by atoms with Crippen LogP contribution in [-0.2, 0) is 10.0 Å². The summed E-state index contributed by atoms with van der Waals surface area (Å²) < 4.78 is 32.4. The van der Waals surface area contributed by atoms with Crippen LogP contribution in [0.15, 0.2) is 65.6 Å². The van der Waals surface area contributed by atoms with Gasteiger partial charge in [-0.05, 0) is 36.8 Å². The van der Waals surface area contributed by atoms with Crippen LogP contribution in [0, 0.1) is 0 Å². The van der Waals surface area contributed by atoms with E-state index in [1.807, 2.05) is 30.3 Å². The quantitative estimate of drug-likeness (QED) is 0.923. The first-order valence-electron chi connectivity index (χ1n) is 6.45. The van der Waals surface area contributed by atoms with Crippen LogP contribution in [0.2, 0.25) is 0 Å². The number of rotatable bonds is 5. The molecule has 0 radical (unpaired) electrons. The Hall–Kier alpha value is -2.27. The Labute approximate surface area is 125 Å². The smallest absolute Gasteiger partial charge is 0.261 e. The Morgan fingerprint density at radius 1 is 1.05 bits per heavy atom. The molecule has 0 bridgehead atoms. The lowest BCUT2D eigenvalue weighted by Crippen LogP contribution is -2.22. The fourth-order valence-corrected chi connectivity index (χ4v) is 3.00. The minimum Gasteiger partial charge on any atom is -0.497 e. The van der Waals surface area contributed by atoms with Crippen LogP contribution in [0.25, 0.3) is 5.70 Å². The molecule has 0 aliphatic heterocycles. The molecule has 0 aliphatic rings. The minimum absolute atomic E-state index is 0.193. The summed E-state index contributed by atoms with van der Waals surface area (Å²) in [6.07, 6.45) is 1.73. The van der Waals surface area contributed by atoms with Gasteiger partial charge in [0.15, 0.2) is 0 Å². The van der Waals surface area contributed by atoms with E-state index in [2.05, 4.69) is 4.72 Å². The second-order valence-corrected chi connectivity index (χ2v) is 6.03. The lowest BCUT2D eigenvalue weighted by Gasteiger charge is -2.12. The highest BCUT2D eigenvalue weighted by Gasteiger charge is 2.15. The van der Waals surface area contributed by atoms with E-state index in [9.17, 15) is 8.42 Å². The molecular formula is C16H17NO3S. The van der Waals surface area contributed by atoms with E-state index in [1.54, 1.807) is 25.1 Å². The zero-order valence-electron chi connectivity index (χ0n) is 11.9. The van der Waals surface area contributed by atoms with Gasteiger partial charge < -0.3 is 4.74 Å². The van der Waals surface area contributed by atoms with Gasteiger partial charge in [0.1, 0.15) is 5.75 Å². The Morgan fingerprint density at radius 3 is 2.19 bits per heavy atom. The Balaban J connectivity index is 2.27. The number of sulfonamides is 1. The number of allylic oxidation sites excluding steroid dienone is 1. The predicted octanol–water partition coefficient (Wildman–Crippen LogP) is 3.03. The summed E-state index contributed by atoms with van der Waals surface area (Å²) in [6, 6.07) is 15.6. The van der Waals surface area contributed by atoms with Crippen molar-refractivity contribution in [3.8, 4) is 5.75 Å².